The molecule has 2 aliphatic heterocycles. The molecule has 0 amide bonds. The molecule has 0 aliphatic carbocycles. The minimum atomic E-state index is -0.622. The maximum atomic E-state index is 11.4. The van der Waals surface area contributed by atoms with E-state index in [9.17, 15) is 9.90 Å². The van der Waals surface area contributed by atoms with E-state index in [2.05, 4.69) is 35.0 Å². The molecule has 2 fully saturated rings. The summed E-state index contributed by atoms with van der Waals surface area (Å²) in [7, 11) is 0. The number of aliphatic carboxylic acids is 1. The molecule has 4 nitrogen and oxygen atoms in total. The standard InChI is InChI=1S/C17H20N2O2/c1-10-14(12-4-2-3-5-15(12)18-10)9-19-11-6-7-16(19)13(8-11)17(20)21/h2-5,11,13,16,18H,6-9H2,1H3,(H,20,21). The molecule has 3 unspecified atom stereocenters. The zero-order valence-electron chi connectivity index (χ0n) is 12.2. The maximum Gasteiger partial charge on any atom is 0.308 e. The molecule has 1 aromatic carbocycles. The summed E-state index contributed by atoms with van der Waals surface area (Å²) < 4.78 is 0. The van der Waals surface area contributed by atoms with Gasteiger partial charge >= 0.3 is 5.97 Å². The highest BCUT2D eigenvalue weighted by Crippen LogP contribution is 2.43. The number of benzene rings is 1. The Morgan fingerprint density at radius 3 is 2.95 bits per heavy atom. The van der Waals surface area contributed by atoms with E-state index in [1.165, 1.54) is 22.2 Å². The second kappa shape index (κ2) is 4.60. The van der Waals surface area contributed by atoms with Gasteiger partial charge in [-0.2, -0.15) is 0 Å². The number of nitrogens with zero attached hydrogens (tertiary/aromatic N) is 1. The van der Waals surface area contributed by atoms with Crippen LogP contribution in [0.4, 0.5) is 0 Å². The molecule has 0 spiro atoms. The number of nitrogens with one attached hydrogen (secondary N) is 1. The summed E-state index contributed by atoms with van der Waals surface area (Å²) in [6.07, 6.45) is 3.00. The van der Waals surface area contributed by atoms with E-state index in [1.54, 1.807) is 0 Å². The van der Waals surface area contributed by atoms with Crippen molar-refractivity contribution in [3.63, 3.8) is 0 Å². The fourth-order valence-electron chi connectivity index (χ4n) is 4.33. The molecule has 4 heteroatoms. The average molecular weight is 284 g/mol. The number of H-pyrrole nitrogens is 1. The number of aromatic amines is 1. The van der Waals surface area contributed by atoms with Crippen molar-refractivity contribution >= 4 is 16.9 Å². The number of hydrogen-bond acceptors (Lipinski definition) is 2. The largest absolute Gasteiger partial charge is 0.481 e. The molecule has 2 N–H and O–H groups in total. The van der Waals surface area contributed by atoms with Crippen molar-refractivity contribution in [2.24, 2.45) is 5.92 Å². The van der Waals surface area contributed by atoms with Gasteiger partial charge in [-0.1, -0.05) is 18.2 Å². The molecule has 2 aromatic rings. The van der Waals surface area contributed by atoms with Gasteiger partial charge in [0.25, 0.3) is 0 Å². The summed E-state index contributed by atoms with van der Waals surface area (Å²) in [4.78, 5) is 17.3. The van der Waals surface area contributed by atoms with Crippen LogP contribution in [-0.2, 0) is 11.3 Å². The van der Waals surface area contributed by atoms with Crippen LogP contribution in [0.15, 0.2) is 24.3 Å². The van der Waals surface area contributed by atoms with Crippen molar-refractivity contribution in [1.82, 2.24) is 9.88 Å². The summed E-state index contributed by atoms with van der Waals surface area (Å²) in [5, 5.41) is 10.6. The van der Waals surface area contributed by atoms with Gasteiger partial charge in [-0.25, -0.2) is 0 Å². The molecule has 2 aliphatic rings. The normalized spacial score (nSPS) is 28.5. The van der Waals surface area contributed by atoms with Crippen LogP contribution in [0.3, 0.4) is 0 Å². The fraction of sp³-hybridized carbons (Fsp3) is 0.471. The molecule has 110 valence electrons. The number of carboxylic acid groups (broad SMARTS) is 1. The first-order chi connectivity index (χ1) is 10.1. The van der Waals surface area contributed by atoms with Crippen LogP contribution in [0.5, 0.6) is 0 Å². The van der Waals surface area contributed by atoms with E-state index in [1.807, 2.05) is 6.07 Å². The quantitative estimate of drug-likeness (QED) is 0.911. The SMILES string of the molecule is Cc1[nH]c2ccccc2c1CN1C2CCC1C(C(=O)O)C2. The summed E-state index contributed by atoms with van der Waals surface area (Å²) in [5.41, 5.74) is 3.70. The lowest BCUT2D eigenvalue weighted by molar-refractivity contribution is -0.142. The van der Waals surface area contributed by atoms with Crippen molar-refractivity contribution in [2.75, 3.05) is 0 Å². The fourth-order valence-corrected chi connectivity index (χ4v) is 4.33. The Morgan fingerprint density at radius 1 is 1.38 bits per heavy atom. The predicted molar refractivity (Wildman–Crippen MR) is 81.1 cm³/mol. The third kappa shape index (κ3) is 1.89. The lowest BCUT2D eigenvalue weighted by Gasteiger charge is -2.23. The smallest absolute Gasteiger partial charge is 0.308 e. The Hall–Kier alpha value is -1.81. The van der Waals surface area contributed by atoms with Gasteiger partial charge in [0, 0.05) is 35.2 Å². The predicted octanol–water partition coefficient (Wildman–Crippen LogP) is 2.91. The molecule has 1 aromatic heterocycles. The van der Waals surface area contributed by atoms with E-state index >= 15 is 0 Å². The van der Waals surface area contributed by atoms with Crippen LogP contribution in [0, 0.1) is 12.8 Å². The van der Waals surface area contributed by atoms with E-state index in [0.717, 1.165) is 25.8 Å². The second-order valence-corrected chi connectivity index (χ2v) is 6.43. The van der Waals surface area contributed by atoms with Crippen LogP contribution in [0.25, 0.3) is 10.9 Å². The van der Waals surface area contributed by atoms with Gasteiger partial charge in [-0.05, 0) is 37.8 Å². The Labute approximate surface area is 123 Å². The second-order valence-electron chi connectivity index (χ2n) is 6.43. The number of fused-ring (bicyclic) bond motifs is 3. The van der Waals surface area contributed by atoms with Crippen LogP contribution >= 0.6 is 0 Å². The van der Waals surface area contributed by atoms with Crippen molar-refractivity contribution < 1.29 is 9.90 Å². The lowest BCUT2D eigenvalue weighted by atomic mass is 9.89. The van der Waals surface area contributed by atoms with Crippen molar-refractivity contribution in [3.8, 4) is 0 Å². The first kappa shape index (κ1) is 12.9. The topological polar surface area (TPSA) is 56.3 Å². The van der Waals surface area contributed by atoms with Gasteiger partial charge in [0.2, 0.25) is 0 Å². The molecule has 2 saturated heterocycles. The van der Waals surface area contributed by atoms with Crippen LogP contribution in [-0.4, -0.2) is 33.0 Å². The highest BCUT2D eigenvalue weighted by atomic mass is 16.4. The number of carboxylic acids is 1. The minimum Gasteiger partial charge on any atom is -0.481 e. The average Bonchev–Trinajstić information content (AvgIpc) is 3.11. The van der Waals surface area contributed by atoms with Crippen molar-refractivity contribution in [3.05, 3.63) is 35.5 Å². The maximum absolute atomic E-state index is 11.4. The molecule has 21 heavy (non-hydrogen) atoms. The Morgan fingerprint density at radius 2 is 2.19 bits per heavy atom. The number of carbonyl (C=O) groups is 1. The first-order valence-electron chi connectivity index (χ1n) is 7.70. The van der Waals surface area contributed by atoms with E-state index in [4.69, 9.17) is 0 Å². The molecule has 4 rings (SSSR count). The van der Waals surface area contributed by atoms with Gasteiger partial charge in [0.1, 0.15) is 0 Å². The Balaban J connectivity index is 1.67. The van der Waals surface area contributed by atoms with Crippen LogP contribution < -0.4 is 0 Å². The number of para-hydroxylation sites is 1. The zero-order valence-corrected chi connectivity index (χ0v) is 12.2. The highest BCUT2D eigenvalue weighted by molar-refractivity contribution is 5.84. The molecule has 0 radical (unpaired) electrons. The van der Waals surface area contributed by atoms with E-state index < -0.39 is 5.97 Å². The highest BCUT2D eigenvalue weighted by Gasteiger charge is 2.49. The summed E-state index contributed by atoms with van der Waals surface area (Å²) >= 11 is 0. The lowest BCUT2D eigenvalue weighted by Crippen LogP contribution is -2.32. The molecular weight excluding hydrogens is 264 g/mol. The molecule has 3 atom stereocenters. The van der Waals surface area contributed by atoms with Crippen molar-refractivity contribution in [2.45, 2.75) is 44.8 Å². The van der Waals surface area contributed by atoms with Crippen molar-refractivity contribution in [1.29, 1.82) is 0 Å². The van der Waals surface area contributed by atoms with Crippen LogP contribution in [0.2, 0.25) is 0 Å². The van der Waals surface area contributed by atoms with Gasteiger partial charge in [0.15, 0.2) is 0 Å². The third-order valence-corrected chi connectivity index (χ3v) is 5.37. The van der Waals surface area contributed by atoms with Gasteiger partial charge < -0.3 is 10.1 Å². The van der Waals surface area contributed by atoms with Gasteiger partial charge in [-0.15, -0.1) is 0 Å². The molecular formula is C17H20N2O2. The Kier molecular flexibility index (Phi) is 2.82. The molecule has 3 heterocycles. The Bertz CT molecular complexity index is 706. The zero-order chi connectivity index (χ0) is 14.6. The summed E-state index contributed by atoms with van der Waals surface area (Å²) in [6, 6.07) is 9.04. The molecule has 0 saturated carbocycles. The van der Waals surface area contributed by atoms with E-state index in [0.29, 0.717) is 6.04 Å². The number of hydrogen-bond donors (Lipinski definition) is 2. The monoisotopic (exact) mass is 284 g/mol. The van der Waals surface area contributed by atoms with Crippen LogP contribution in [0.1, 0.15) is 30.5 Å². The van der Waals surface area contributed by atoms with E-state index in [-0.39, 0.29) is 12.0 Å². The minimum absolute atomic E-state index is 0.172. The third-order valence-electron chi connectivity index (χ3n) is 5.37. The van der Waals surface area contributed by atoms with Gasteiger partial charge in [0.05, 0.1) is 5.92 Å². The number of aryl methyl sites for hydroxylation is 1. The summed E-state index contributed by atoms with van der Waals surface area (Å²) in [5.74, 6) is -0.794. The first-order valence-corrected chi connectivity index (χ1v) is 7.70. The molecule has 2 bridgehead atoms. The number of aromatic nitrogens is 1. The van der Waals surface area contributed by atoms with Gasteiger partial charge in [-0.3, -0.25) is 9.69 Å². The number of rotatable bonds is 3. The summed E-state index contributed by atoms with van der Waals surface area (Å²) in [6.45, 7) is 2.98.